The van der Waals surface area contributed by atoms with Crippen LogP contribution in [-0.4, -0.2) is 41.7 Å². The SMILES string of the molecule is Cl.NC(CC1CCNC1=O)C(O)C(=O)NC1CC1. The summed E-state index contributed by atoms with van der Waals surface area (Å²) >= 11 is 0. The maximum absolute atomic E-state index is 11.5. The van der Waals surface area contributed by atoms with Gasteiger partial charge in [-0.1, -0.05) is 0 Å². The third kappa shape index (κ3) is 3.83. The second kappa shape index (κ2) is 6.36. The largest absolute Gasteiger partial charge is 0.382 e. The van der Waals surface area contributed by atoms with Gasteiger partial charge in [-0.3, -0.25) is 9.59 Å². The van der Waals surface area contributed by atoms with Gasteiger partial charge < -0.3 is 21.5 Å². The molecule has 1 saturated heterocycles. The fraction of sp³-hybridized carbons (Fsp3) is 0.818. The van der Waals surface area contributed by atoms with Crippen molar-refractivity contribution < 1.29 is 14.7 Å². The van der Waals surface area contributed by atoms with Crippen LogP contribution in [0.25, 0.3) is 0 Å². The Balaban J connectivity index is 0.00000162. The van der Waals surface area contributed by atoms with Crippen molar-refractivity contribution in [1.29, 1.82) is 0 Å². The molecule has 7 heteroatoms. The number of nitrogens with one attached hydrogen (secondary N) is 2. The van der Waals surface area contributed by atoms with E-state index in [0.717, 1.165) is 19.3 Å². The maximum atomic E-state index is 11.5. The topological polar surface area (TPSA) is 104 Å². The van der Waals surface area contributed by atoms with E-state index >= 15 is 0 Å². The first-order valence-corrected chi connectivity index (χ1v) is 6.09. The van der Waals surface area contributed by atoms with Crippen molar-refractivity contribution in [2.24, 2.45) is 11.7 Å². The molecule has 3 unspecified atom stereocenters. The Bertz CT molecular complexity index is 323. The summed E-state index contributed by atoms with van der Waals surface area (Å²) in [7, 11) is 0. The molecule has 1 saturated carbocycles. The lowest BCUT2D eigenvalue weighted by Crippen LogP contribution is -2.48. The smallest absolute Gasteiger partial charge is 0.250 e. The Kier molecular flexibility index (Phi) is 5.37. The van der Waals surface area contributed by atoms with Crippen molar-refractivity contribution in [3.8, 4) is 0 Å². The van der Waals surface area contributed by atoms with Crippen LogP contribution >= 0.6 is 12.4 Å². The number of halogens is 1. The number of hydrogen-bond acceptors (Lipinski definition) is 4. The lowest BCUT2D eigenvalue weighted by Gasteiger charge is -2.20. The quantitative estimate of drug-likeness (QED) is 0.512. The minimum Gasteiger partial charge on any atom is -0.382 e. The van der Waals surface area contributed by atoms with Crippen molar-refractivity contribution in [3.05, 3.63) is 0 Å². The van der Waals surface area contributed by atoms with E-state index in [4.69, 9.17) is 5.73 Å². The average molecular weight is 278 g/mol. The number of rotatable bonds is 5. The predicted molar refractivity (Wildman–Crippen MR) is 68.1 cm³/mol. The predicted octanol–water partition coefficient (Wildman–Crippen LogP) is -1.10. The molecule has 6 nitrogen and oxygen atoms in total. The van der Waals surface area contributed by atoms with E-state index in [1.165, 1.54) is 0 Å². The molecule has 3 atom stereocenters. The normalized spacial score (nSPS) is 25.9. The van der Waals surface area contributed by atoms with Crippen LogP contribution in [0.1, 0.15) is 25.7 Å². The number of hydrogen-bond donors (Lipinski definition) is 4. The van der Waals surface area contributed by atoms with Gasteiger partial charge >= 0.3 is 0 Å². The first-order valence-electron chi connectivity index (χ1n) is 6.09. The lowest BCUT2D eigenvalue weighted by molar-refractivity contribution is -0.131. The molecule has 0 aromatic rings. The van der Waals surface area contributed by atoms with Gasteiger partial charge in [-0.15, -0.1) is 12.4 Å². The van der Waals surface area contributed by atoms with Crippen molar-refractivity contribution in [3.63, 3.8) is 0 Å². The number of aliphatic hydroxyl groups excluding tert-OH is 1. The summed E-state index contributed by atoms with van der Waals surface area (Å²) in [6.45, 7) is 0.653. The molecular weight excluding hydrogens is 258 g/mol. The van der Waals surface area contributed by atoms with Crippen LogP contribution in [0.2, 0.25) is 0 Å². The number of amides is 2. The molecule has 0 radical (unpaired) electrons. The van der Waals surface area contributed by atoms with Gasteiger partial charge in [0, 0.05) is 24.5 Å². The summed E-state index contributed by atoms with van der Waals surface area (Å²) < 4.78 is 0. The highest BCUT2D eigenvalue weighted by Gasteiger charge is 2.33. The second-order valence-corrected chi connectivity index (χ2v) is 4.90. The van der Waals surface area contributed by atoms with E-state index in [1.54, 1.807) is 0 Å². The fourth-order valence-corrected chi connectivity index (χ4v) is 2.04. The monoisotopic (exact) mass is 277 g/mol. The van der Waals surface area contributed by atoms with E-state index in [1.807, 2.05) is 0 Å². The Morgan fingerprint density at radius 2 is 2.17 bits per heavy atom. The Morgan fingerprint density at radius 3 is 2.67 bits per heavy atom. The van der Waals surface area contributed by atoms with Crippen LogP contribution in [0.5, 0.6) is 0 Å². The number of carbonyl (C=O) groups is 2. The van der Waals surface area contributed by atoms with Gasteiger partial charge in [-0.2, -0.15) is 0 Å². The zero-order chi connectivity index (χ0) is 12.4. The maximum Gasteiger partial charge on any atom is 0.250 e. The zero-order valence-electron chi connectivity index (χ0n) is 10.1. The highest BCUT2D eigenvalue weighted by Crippen LogP contribution is 2.20. The first-order chi connectivity index (χ1) is 8.08. The van der Waals surface area contributed by atoms with Crippen LogP contribution in [-0.2, 0) is 9.59 Å². The molecule has 2 fully saturated rings. The zero-order valence-corrected chi connectivity index (χ0v) is 10.9. The van der Waals surface area contributed by atoms with Crippen molar-refractivity contribution in [2.45, 2.75) is 43.9 Å². The molecule has 5 N–H and O–H groups in total. The van der Waals surface area contributed by atoms with Crippen LogP contribution in [0.4, 0.5) is 0 Å². The Hall–Kier alpha value is -0.850. The summed E-state index contributed by atoms with van der Waals surface area (Å²) in [5, 5.41) is 15.2. The summed E-state index contributed by atoms with van der Waals surface area (Å²) in [4.78, 5) is 22.9. The third-order valence-electron chi connectivity index (χ3n) is 3.32. The van der Waals surface area contributed by atoms with Crippen molar-refractivity contribution >= 4 is 24.2 Å². The summed E-state index contributed by atoms with van der Waals surface area (Å²) in [6, 6.07) is -0.471. The van der Waals surface area contributed by atoms with Gasteiger partial charge in [0.15, 0.2) is 0 Å². The Morgan fingerprint density at radius 1 is 1.50 bits per heavy atom. The molecule has 0 aromatic heterocycles. The fourth-order valence-electron chi connectivity index (χ4n) is 2.04. The molecule has 2 rings (SSSR count). The summed E-state index contributed by atoms with van der Waals surface area (Å²) in [5.41, 5.74) is 5.77. The van der Waals surface area contributed by atoms with Gasteiger partial charge in [0.1, 0.15) is 6.10 Å². The molecule has 0 spiro atoms. The van der Waals surface area contributed by atoms with Gasteiger partial charge in [0.05, 0.1) is 0 Å². The molecule has 1 aliphatic carbocycles. The number of nitrogens with two attached hydrogens (primary N) is 1. The van der Waals surface area contributed by atoms with Gasteiger partial charge in [0.2, 0.25) is 5.91 Å². The molecule has 1 aliphatic heterocycles. The minimum absolute atomic E-state index is 0. The number of aliphatic hydroxyl groups is 1. The summed E-state index contributed by atoms with van der Waals surface area (Å²) in [6.07, 6.45) is 1.80. The van der Waals surface area contributed by atoms with E-state index in [9.17, 15) is 14.7 Å². The molecule has 18 heavy (non-hydrogen) atoms. The standard InChI is InChI=1S/C11H19N3O3.ClH/c12-8(5-6-3-4-13-10(6)16)9(15)11(17)14-7-1-2-7;/h6-9,15H,1-5,12H2,(H,13,16)(H,14,17);1H. The molecule has 1 heterocycles. The molecule has 2 amide bonds. The highest BCUT2D eigenvalue weighted by molar-refractivity contribution is 5.85. The van der Waals surface area contributed by atoms with Gasteiger partial charge in [0.25, 0.3) is 5.91 Å². The van der Waals surface area contributed by atoms with Crippen molar-refractivity contribution in [2.75, 3.05) is 6.54 Å². The summed E-state index contributed by atoms with van der Waals surface area (Å²) in [5.74, 6) is -0.623. The Labute approximate surface area is 112 Å². The van der Waals surface area contributed by atoms with E-state index in [-0.39, 0.29) is 30.3 Å². The van der Waals surface area contributed by atoms with Gasteiger partial charge in [-0.25, -0.2) is 0 Å². The molecule has 0 aromatic carbocycles. The van der Waals surface area contributed by atoms with E-state index in [0.29, 0.717) is 13.0 Å². The molecular formula is C11H20ClN3O3. The lowest BCUT2D eigenvalue weighted by atomic mass is 9.95. The van der Waals surface area contributed by atoms with Gasteiger partial charge in [-0.05, 0) is 25.7 Å². The molecule has 0 bridgehead atoms. The number of carbonyl (C=O) groups excluding carboxylic acids is 2. The van der Waals surface area contributed by atoms with E-state index < -0.39 is 18.1 Å². The molecule has 104 valence electrons. The van der Waals surface area contributed by atoms with Crippen LogP contribution in [0, 0.1) is 5.92 Å². The minimum atomic E-state index is -1.22. The third-order valence-corrected chi connectivity index (χ3v) is 3.32. The van der Waals surface area contributed by atoms with Crippen molar-refractivity contribution in [1.82, 2.24) is 10.6 Å². The van der Waals surface area contributed by atoms with Crippen LogP contribution < -0.4 is 16.4 Å². The molecule has 2 aliphatic rings. The van der Waals surface area contributed by atoms with E-state index in [2.05, 4.69) is 10.6 Å². The van der Waals surface area contributed by atoms with Crippen LogP contribution in [0.15, 0.2) is 0 Å². The highest BCUT2D eigenvalue weighted by atomic mass is 35.5. The second-order valence-electron chi connectivity index (χ2n) is 4.90. The first kappa shape index (κ1) is 15.2. The van der Waals surface area contributed by atoms with Crippen LogP contribution in [0.3, 0.4) is 0 Å². The average Bonchev–Trinajstić information content (AvgIpc) is 3.02.